The van der Waals surface area contributed by atoms with Gasteiger partial charge in [0.15, 0.2) is 18.1 Å². The van der Waals surface area contributed by atoms with E-state index in [0.717, 1.165) is 23.5 Å². The van der Waals surface area contributed by atoms with Crippen LogP contribution in [0.3, 0.4) is 0 Å². The minimum Gasteiger partial charge on any atom is -0.493 e. The van der Waals surface area contributed by atoms with Gasteiger partial charge in [-0.05, 0) is 29.6 Å². The molecule has 7 nitrogen and oxygen atoms in total. The van der Waals surface area contributed by atoms with Crippen molar-refractivity contribution in [2.45, 2.75) is 6.61 Å². The molecule has 0 aliphatic rings. The highest BCUT2D eigenvalue weighted by molar-refractivity contribution is 7.14. The number of alkyl halides is 2. The summed E-state index contributed by atoms with van der Waals surface area (Å²) >= 11 is 1.16. The van der Waals surface area contributed by atoms with Crippen molar-refractivity contribution in [1.82, 2.24) is 0 Å². The largest absolute Gasteiger partial charge is 0.493 e. The number of ether oxygens (including phenoxy) is 3. The maximum atomic E-state index is 12.3. The molecule has 1 amide bonds. The lowest BCUT2D eigenvalue weighted by Gasteiger charge is -2.11. The molecule has 0 radical (unpaired) electrons. The number of halogens is 2. The summed E-state index contributed by atoms with van der Waals surface area (Å²) < 4.78 is 38.6. The molecule has 1 N–H and O–H groups in total. The topological polar surface area (TPSA) is 97.6 Å². The van der Waals surface area contributed by atoms with E-state index in [9.17, 15) is 18.4 Å². The molecule has 0 aliphatic carbocycles. The van der Waals surface area contributed by atoms with Crippen LogP contribution in [0.15, 0.2) is 29.6 Å². The van der Waals surface area contributed by atoms with Crippen molar-refractivity contribution in [3.05, 3.63) is 40.8 Å². The Morgan fingerprint density at radius 1 is 1.31 bits per heavy atom. The average Bonchev–Trinajstić information content (AvgIpc) is 3.06. The zero-order valence-electron chi connectivity index (χ0n) is 13.3. The van der Waals surface area contributed by atoms with Crippen molar-refractivity contribution in [2.75, 3.05) is 19.0 Å². The van der Waals surface area contributed by atoms with Crippen LogP contribution >= 0.6 is 11.3 Å². The normalized spacial score (nSPS) is 10.1. The van der Waals surface area contributed by atoms with Gasteiger partial charge in [0, 0.05) is 0 Å². The van der Waals surface area contributed by atoms with Gasteiger partial charge in [-0.25, -0.2) is 4.79 Å². The third-order valence-corrected chi connectivity index (χ3v) is 3.82. The van der Waals surface area contributed by atoms with Gasteiger partial charge >= 0.3 is 12.6 Å². The standard InChI is InChI=1S/C16H12F2N2O5S/c1-23-12-6-9(2-3-11(12)25-16(17)18)15(22)24-8-13(21)20-14-10(7-19)4-5-26-14/h2-6,16H,8H2,1H3,(H,20,21). The highest BCUT2D eigenvalue weighted by Gasteiger charge is 2.16. The Bertz CT molecular complexity index is 847. The molecule has 0 unspecified atom stereocenters. The average molecular weight is 382 g/mol. The molecule has 1 aromatic heterocycles. The monoisotopic (exact) mass is 382 g/mol. The van der Waals surface area contributed by atoms with Gasteiger partial charge in [0.05, 0.1) is 18.2 Å². The van der Waals surface area contributed by atoms with Gasteiger partial charge in [-0.1, -0.05) is 0 Å². The third kappa shape index (κ3) is 4.90. The van der Waals surface area contributed by atoms with E-state index < -0.39 is 25.1 Å². The number of nitriles is 1. The predicted molar refractivity (Wildman–Crippen MR) is 87.6 cm³/mol. The molecule has 0 saturated carbocycles. The highest BCUT2D eigenvalue weighted by atomic mass is 32.1. The van der Waals surface area contributed by atoms with Crippen molar-refractivity contribution in [3.8, 4) is 17.6 Å². The summed E-state index contributed by atoms with van der Waals surface area (Å²) in [6, 6.07) is 6.95. The number of nitrogens with one attached hydrogen (secondary N) is 1. The number of esters is 1. The van der Waals surface area contributed by atoms with E-state index in [4.69, 9.17) is 14.7 Å². The number of anilines is 1. The molecular weight excluding hydrogens is 370 g/mol. The first-order chi connectivity index (χ1) is 12.4. The Morgan fingerprint density at radius 3 is 2.73 bits per heavy atom. The van der Waals surface area contributed by atoms with Crippen molar-refractivity contribution < 1.29 is 32.6 Å². The fraction of sp³-hybridized carbons (Fsp3) is 0.188. The predicted octanol–water partition coefficient (Wildman–Crippen LogP) is 3.03. The van der Waals surface area contributed by atoms with E-state index in [-0.39, 0.29) is 17.1 Å². The maximum Gasteiger partial charge on any atom is 0.387 e. The number of amides is 1. The summed E-state index contributed by atoms with van der Waals surface area (Å²) in [4.78, 5) is 23.8. The molecule has 10 heteroatoms. The fourth-order valence-electron chi connectivity index (χ4n) is 1.86. The summed E-state index contributed by atoms with van der Waals surface area (Å²) in [6.45, 7) is -3.62. The Labute approximate surface area is 150 Å². The molecule has 1 heterocycles. The first kappa shape index (κ1) is 19.1. The Morgan fingerprint density at radius 2 is 2.08 bits per heavy atom. The SMILES string of the molecule is COc1cc(C(=O)OCC(=O)Nc2sccc2C#N)ccc1OC(F)F. The van der Waals surface area contributed by atoms with Gasteiger partial charge in [-0.15, -0.1) is 11.3 Å². The second kappa shape index (κ2) is 8.77. The summed E-state index contributed by atoms with van der Waals surface area (Å²) in [6.07, 6.45) is 0. The number of carbonyl (C=O) groups excluding carboxylic acids is 2. The Kier molecular flexibility index (Phi) is 6.46. The lowest BCUT2D eigenvalue weighted by molar-refractivity contribution is -0.119. The Balaban J connectivity index is 1.97. The third-order valence-electron chi connectivity index (χ3n) is 2.99. The molecule has 2 rings (SSSR count). The number of hydrogen-bond acceptors (Lipinski definition) is 7. The van der Waals surface area contributed by atoms with Crippen LogP contribution in [0.25, 0.3) is 0 Å². The number of methoxy groups -OCH3 is 1. The molecule has 0 saturated heterocycles. The lowest BCUT2D eigenvalue weighted by Crippen LogP contribution is -2.20. The van der Waals surface area contributed by atoms with Gasteiger partial charge in [-0.2, -0.15) is 14.0 Å². The van der Waals surface area contributed by atoms with Crippen LogP contribution in [0.1, 0.15) is 15.9 Å². The molecule has 0 fully saturated rings. The molecule has 0 bridgehead atoms. The summed E-state index contributed by atoms with van der Waals surface area (Å²) in [5, 5.41) is 13.3. The molecule has 26 heavy (non-hydrogen) atoms. The number of nitrogens with zero attached hydrogens (tertiary/aromatic N) is 1. The number of carbonyl (C=O) groups is 2. The van der Waals surface area contributed by atoms with Crippen molar-refractivity contribution in [1.29, 1.82) is 5.26 Å². The number of rotatable bonds is 7. The molecule has 0 spiro atoms. The first-order valence-corrected chi connectivity index (χ1v) is 7.90. The maximum absolute atomic E-state index is 12.3. The summed E-state index contributed by atoms with van der Waals surface area (Å²) in [5.74, 6) is -1.80. The van der Waals surface area contributed by atoms with Crippen LogP contribution in [0, 0.1) is 11.3 Å². The quantitative estimate of drug-likeness (QED) is 0.740. The zero-order chi connectivity index (χ0) is 19.1. The number of hydrogen-bond donors (Lipinski definition) is 1. The molecule has 0 atom stereocenters. The molecular formula is C16H12F2N2O5S. The molecule has 2 aromatic rings. The van der Waals surface area contributed by atoms with Crippen molar-refractivity contribution in [3.63, 3.8) is 0 Å². The minimum atomic E-state index is -3.04. The van der Waals surface area contributed by atoms with Gasteiger partial charge in [0.25, 0.3) is 5.91 Å². The fourth-order valence-corrected chi connectivity index (χ4v) is 2.61. The van der Waals surface area contributed by atoms with Gasteiger partial charge in [0.2, 0.25) is 0 Å². The van der Waals surface area contributed by atoms with E-state index in [1.54, 1.807) is 11.4 Å². The second-order valence-electron chi connectivity index (χ2n) is 4.64. The van der Waals surface area contributed by atoms with Crippen LogP contribution in [-0.4, -0.2) is 32.2 Å². The molecule has 136 valence electrons. The van der Waals surface area contributed by atoms with Crippen molar-refractivity contribution in [2.24, 2.45) is 0 Å². The van der Waals surface area contributed by atoms with Crippen LogP contribution in [-0.2, 0) is 9.53 Å². The van der Waals surface area contributed by atoms with E-state index in [0.29, 0.717) is 10.6 Å². The van der Waals surface area contributed by atoms with Crippen LogP contribution in [0.2, 0.25) is 0 Å². The second-order valence-corrected chi connectivity index (χ2v) is 5.56. The zero-order valence-corrected chi connectivity index (χ0v) is 14.1. The first-order valence-electron chi connectivity index (χ1n) is 7.02. The minimum absolute atomic E-state index is 0.00916. The van der Waals surface area contributed by atoms with Gasteiger partial charge < -0.3 is 19.5 Å². The van der Waals surface area contributed by atoms with Gasteiger partial charge in [0.1, 0.15) is 11.1 Å². The van der Waals surface area contributed by atoms with E-state index in [1.165, 1.54) is 13.2 Å². The molecule has 1 aromatic carbocycles. The van der Waals surface area contributed by atoms with Crippen LogP contribution in [0.4, 0.5) is 13.8 Å². The summed E-state index contributed by atoms with van der Waals surface area (Å²) in [7, 11) is 1.23. The smallest absolute Gasteiger partial charge is 0.387 e. The van der Waals surface area contributed by atoms with E-state index >= 15 is 0 Å². The van der Waals surface area contributed by atoms with E-state index in [2.05, 4.69) is 10.1 Å². The van der Waals surface area contributed by atoms with Crippen LogP contribution in [0.5, 0.6) is 11.5 Å². The van der Waals surface area contributed by atoms with Crippen molar-refractivity contribution >= 4 is 28.2 Å². The van der Waals surface area contributed by atoms with E-state index in [1.807, 2.05) is 6.07 Å². The molecule has 0 aliphatic heterocycles. The van der Waals surface area contributed by atoms with Crippen LogP contribution < -0.4 is 14.8 Å². The highest BCUT2D eigenvalue weighted by Crippen LogP contribution is 2.29. The number of thiophene rings is 1. The summed E-state index contributed by atoms with van der Waals surface area (Å²) in [5.41, 5.74) is 0.291. The van der Waals surface area contributed by atoms with Gasteiger partial charge in [-0.3, -0.25) is 4.79 Å². The Hall–Kier alpha value is -3.19. The lowest BCUT2D eigenvalue weighted by atomic mass is 10.2. The number of benzene rings is 1.